The van der Waals surface area contributed by atoms with Crippen molar-refractivity contribution in [1.82, 2.24) is 9.97 Å². The molecule has 0 spiro atoms. The van der Waals surface area contributed by atoms with Gasteiger partial charge in [0.15, 0.2) is 9.47 Å². The number of halogens is 3. The molecule has 0 atom stereocenters. The average Bonchev–Trinajstić information content (AvgIpc) is 3.39. The first kappa shape index (κ1) is 22.8. The van der Waals surface area contributed by atoms with Crippen molar-refractivity contribution in [2.24, 2.45) is 0 Å². The molecule has 0 fully saturated rings. The number of thioether (sulfide) groups is 1. The Morgan fingerprint density at radius 3 is 2.74 bits per heavy atom. The highest BCUT2D eigenvalue weighted by Gasteiger charge is 2.11. The van der Waals surface area contributed by atoms with Crippen LogP contribution < -0.4 is 5.32 Å². The number of carbonyl (C=O) groups is 1. The highest BCUT2D eigenvalue weighted by Crippen LogP contribution is 2.30. The SMILES string of the molecule is O=C(CSc1nc(-c2ccc(Br)cc2)cs1)Nc1ncc(Cc2ccc(Cl)cc2Cl)s1. The van der Waals surface area contributed by atoms with Crippen molar-refractivity contribution in [2.45, 2.75) is 10.8 Å². The molecule has 0 aliphatic rings. The second-order valence-corrected chi connectivity index (χ2v) is 11.3. The lowest BCUT2D eigenvalue weighted by Gasteiger charge is -2.02. The van der Waals surface area contributed by atoms with E-state index < -0.39 is 0 Å². The van der Waals surface area contributed by atoms with E-state index in [0.717, 1.165) is 30.5 Å². The van der Waals surface area contributed by atoms with Gasteiger partial charge in [-0.2, -0.15) is 0 Å². The van der Waals surface area contributed by atoms with E-state index in [-0.39, 0.29) is 11.7 Å². The molecule has 0 saturated carbocycles. The molecule has 4 aromatic rings. The summed E-state index contributed by atoms with van der Waals surface area (Å²) in [6, 6.07) is 13.4. The fourth-order valence-electron chi connectivity index (χ4n) is 2.66. The summed E-state index contributed by atoms with van der Waals surface area (Å²) < 4.78 is 1.88. The van der Waals surface area contributed by atoms with E-state index in [9.17, 15) is 4.79 Å². The fourth-order valence-corrected chi connectivity index (χ4v) is 5.89. The number of hydrogen-bond acceptors (Lipinski definition) is 6. The highest BCUT2D eigenvalue weighted by atomic mass is 79.9. The average molecular weight is 571 g/mol. The van der Waals surface area contributed by atoms with Crippen molar-refractivity contribution < 1.29 is 4.79 Å². The molecule has 0 radical (unpaired) electrons. The number of rotatable bonds is 7. The summed E-state index contributed by atoms with van der Waals surface area (Å²) in [4.78, 5) is 22.2. The molecule has 2 aromatic heterocycles. The van der Waals surface area contributed by atoms with Crippen LogP contribution in [0, 0.1) is 0 Å². The van der Waals surface area contributed by atoms with Crippen LogP contribution in [0.2, 0.25) is 10.0 Å². The summed E-state index contributed by atoms with van der Waals surface area (Å²) in [6.45, 7) is 0. The van der Waals surface area contributed by atoms with Crippen molar-refractivity contribution in [2.75, 3.05) is 11.1 Å². The summed E-state index contributed by atoms with van der Waals surface area (Å²) in [5.74, 6) is 0.154. The highest BCUT2D eigenvalue weighted by molar-refractivity contribution is 9.10. The van der Waals surface area contributed by atoms with Gasteiger partial charge in [0.05, 0.1) is 11.4 Å². The second kappa shape index (κ2) is 10.5. The minimum absolute atomic E-state index is 0.115. The van der Waals surface area contributed by atoms with Crippen molar-refractivity contribution in [3.63, 3.8) is 0 Å². The van der Waals surface area contributed by atoms with Crippen molar-refractivity contribution in [1.29, 1.82) is 0 Å². The van der Waals surface area contributed by atoms with Gasteiger partial charge in [0, 0.05) is 43.0 Å². The number of hydrogen-bond donors (Lipinski definition) is 1. The number of benzene rings is 2. The van der Waals surface area contributed by atoms with E-state index in [4.69, 9.17) is 23.2 Å². The number of nitrogens with one attached hydrogen (secondary N) is 1. The quantitative estimate of drug-likeness (QED) is 0.232. The third-order valence-corrected chi connectivity index (χ3v) is 8.18. The second-order valence-electron chi connectivity index (χ2n) is 6.39. The van der Waals surface area contributed by atoms with Gasteiger partial charge in [-0.25, -0.2) is 9.97 Å². The minimum atomic E-state index is -0.115. The van der Waals surface area contributed by atoms with E-state index in [1.54, 1.807) is 12.3 Å². The Bertz CT molecular complexity index is 1210. The third kappa shape index (κ3) is 6.31. The van der Waals surface area contributed by atoms with Gasteiger partial charge in [-0.05, 0) is 29.8 Å². The number of nitrogens with zero attached hydrogens (tertiary/aromatic N) is 2. The van der Waals surface area contributed by atoms with Crippen molar-refractivity contribution in [3.05, 3.63) is 79.0 Å². The summed E-state index contributed by atoms with van der Waals surface area (Å²) in [6.07, 6.45) is 2.39. The Kier molecular flexibility index (Phi) is 7.68. The van der Waals surface area contributed by atoms with Gasteiger partial charge in [-0.3, -0.25) is 4.79 Å². The Morgan fingerprint density at radius 1 is 1.16 bits per heavy atom. The maximum Gasteiger partial charge on any atom is 0.236 e. The van der Waals surface area contributed by atoms with Gasteiger partial charge < -0.3 is 5.32 Å². The summed E-state index contributed by atoms with van der Waals surface area (Å²) in [7, 11) is 0. The lowest BCUT2D eigenvalue weighted by atomic mass is 10.1. The van der Waals surface area contributed by atoms with Gasteiger partial charge in [0.1, 0.15) is 0 Å². The molecule has 4 rings (SSSR count). The Hall–Kier alpha value is -1.42. The summed E-state index contributed by atoms with van der Waals surface area (Å²) in [5, 5.41) is 6.64. The number of amides is 1. The number of anilines is 1. The van der Waals surface area contributed by atoms with E-state index in [0.29, 0.717) is 21.6 Å². The topological polar surface area (TPSA) is 54.9 Å². The van der Waals surface area contributed by atoms with Crippen LogP contribution in [0.1, 0.15) is 10.4 Å². The lowest BCUT2D eigenvalue weighted by molar-refractivity contribution is -0.113. The zero-order chi connectivity index (χ0) is 21.8. The van der Waals surface area contributed by atoms with Crippen LogP contribution >= 0.6 is 73.6 Å². The van der Waals surface area contributed by atoms with Crippen LogP contribution in [0.3, 0.4) is 0 Å². The fraction of sp³-hybridized carbons (Fsp3) is 0.0952. The first-order valence-corrected chi connectivity index (χ1v) is 13.2. The molecule has 0 unspecified atom stereocenters. The molecule has 1 N–H and O–H groups in total. The monoisotopic (exact) mass is 569 g/mol. The number of carbonyl (C=O) groups excluding carboxylic acids is 1. The van der Waals surface area contributed by atoms with E-state index in [2.05, 4.69) is 31.2 Å². The van der Waals surface area contributed by atoms with Crippen molar-refractivity contribution >= 4 is 84.6 Å². The smallest absolute Gasteiger partial charge is 0.236 e. The molecule has 1 amide bonds. The number of aromatic nitrogens is 2. The van der Waals surface area contributed by atoms with Crippen LogP contribution in [0.15, 0.2) is 62.9 Å². The molecule has 2 heterocycles. The normalized spacial score (nSPS) is 10.9. The zero-order valence-electron chi connectivity index (χ0n) is 15.8. The number of thiazole rings is 2. The molecule has 158 valence electrons. The van der Waals surface area contributed by atoms with Crippen molar-refractivity contribution in [3.8, 4) is 11.3 Å². The molecule has 2 aromatic carbocycles. The molecular formula is C21H14BrCl2N3OS3. The lowest BCUT2D eigenvalue weighted by Crippen LogP contribution is -2.13. The Labute approximate surface area is 210 Å². The van der Waals surface area contributed by atoms with Crippen LogP contribution in [0.5, 0.6) is 0 Å². The van der Waals surface area contributed by atoms with Crippen LogP contribution in [0.4, 0.5) is 5.13 Å². The molecule has 0 saturated heterocycles. The summed E-state index contributed by atoms with van der Waals surface area (Å²) >= 11 is 20.0. The Balaban J connectivity index is 1.30. The predicted molar refractivity (Wildman–Crippen MR) is 136 cm³/mol. The van der Waals surface area contributed by atoms with Gasteiger partial charge in [-0.1, -0.05) is 69.1 Å². The maximum atomic E-state index is 12.3. The van der Waals surface area contributed by atoms with Crippen LogP contribution in [0.25, 0.3) is 11.3 Å². The van der Waals surface area contributed by atoms with Crippen LogP contribution in [-0.4, -0.2) is 21.6 Å². The standard InChI is InChI=1S/C21H14BrCl2N3OS3/c22-14-4-1-12(2-5-14)18-10-29-21(26-18)30-11-19(28)27-20-25-9-16(31-20)7-13-3-6-15(23)8-17(13)24/h1-6,8-10H,7,11H2,(H,25,27,28). The Morgan fingerprint density at radius 2 is 1.97 bits per heavy atom. The van der Waals surface area contributed by atoms with Crippen LogP contribution in [-0.2, 0) is 11.2 Å². The van der Waals surface area contributed by atoms with Gasteiger partial charge in [0.2, 0.25) is 5.91 Å². The van der Waals surface area contributed by atoms with E-state index in [1.807, 2.05) is 41.8 Å². The van der Waals surface area contributed by atoms with Gasteiger partial charge in [0.25, 0.3) is 0 Å². The predicted octanol–water partition coefficient (Wildman–Crippen LogP) is 7.66. The van der Waals surface area contributed by atoms with Gasteiger partial charge in [-0.15, -0.1) is 22.7 Å². The molecule has 0 aliphatic heterocycles. The molecule has 0 aliphatic carbocycles. The minimum Gasteiger partial charge on any atom is -0.301 e. The maximum absolute atomic E-state index is 12.3. The molecule has 4 nitrogen and oxygen atoms in total. The largest absolute Gasteiger partial charge is 0.301 e. The van der Waals surface area contributed by atoms with E-state index in [1.165, 1.54) is 34.4 Å². The first-order chi connectivity index (χ1) is 15.0. The molecule has 0 bridgehead atoms. The molecular weight excluding hydrogens is 557 g/mol. The zero-order valence-corrected chi connectivity index (χ0v) is 21.3. The summed E-state index contributed by atoms with van der Waals surface area (Å²) in [5.41, 5.74) is 2.92. The molecule has 31 heavy (non-hydrogen) atoms. The third-order valence-electron chi connectivity index (χ3n) is 4.13. The first-order valence-electron chi connectivity index (χ1n) is 8.99. The molecule has 10 heteroatoms. The van der Waals surface area contributed by atoms with E-state index >= 15 is 0 Å². The van der Waals surface area contributed by atoms with Gasteiger partial charge >= 0.3 is 0 Å².